The van der Waals surface area contributed by atoms with Gasteiger partial charge >= 0.3 is 5.97 Å². The number of ketones is 1. The van der Waals surface area contributed by atoms with Crippen LogP contribution in [0.1, 0.15) is 112 Å². The lowest BCUT2D eigenvalue weighted by atomic mass is 9.41. The molecule has 2 spiro atoms. The van der Waals surface area contributed by atoms with Crippen molar-refractivity contribution in [1.29, 1.82) is 0 Å². The van der Waals surface area contributed by atoms with Crippen LogP contribution in [0.15, 0.2) is 30.3 Å². The highest BCUT2D eigenvalue weighted by molar-refractivity contribution is 5.93. The van der Waals surface area contributed by atoms with Gasteiger partial charge in [-0.25, -0.2) is 0 Å². The van der Waals surface area contributed by atoms with Gasteiger partial charge in [0.15, 0.2) is 18.2 Å². The Hall–Kier alpha value is -1.84. The van der Waals surface area contributed by atoms with Crippen molar-refractivity contribution in [2.75, 3.05) is 19.7 Å². The highest BCUT2D eigenvalue weighted by Gasteiger charge is 2.85. The van der Waals surface area contributed by atoms with Crippen molar-refractivity contribution in [2.24, 2.45) is 50.7 Å². The number of esters is 1. The third-order valence-corrected chi connectivity index (χ3v) is 16.5. The summed E-state index contributed by atoms with van der Waals surface area (Å²) in [5.74, 6) is 1.05. The molecule has 1 aromatic carbocycles. The van der Waals surface area contributed by atoms with E-state index in [-0.39, 0.29) is 51.7 Å². The average molecular weight is 706 g/mol. The minimum absolute atomic E-state index is 0.0147. The van der Waals surface area contributed by atoms with Crippen LogP contribution >= 0.6 is 0 Å². The minimum atomic E-state index is -1.28. The van der Waals surface area contributed by atoms with Crippen molar-refractivity contribution in [1.82, 2.24) is 4.90 Å². The summed E-state index contributed by atoms with van der Waals surface area (Å²) in [4.78, 5) is 29.6. The molecule has 5 aliphatic carbocycles. The SMILES string of the molecule is CC(=O)O[C@@H](C1C[C@@H](C)[C@H]2C(O1)C(=O)[C@@]1(C)C3CC[C@H]4C(C)(C)C(OC5CN(Cc6ccccc6)CCO5)CCC45CC35CCC21C)C(C)(C)O. The van der Waals surface area contributed by atoms with Crippen molar-refractivity contribution in [3.63, 3.8) is 0 Å². The maximum atomic E-state index is 15.1. The number of hydrogen-bond acceptors (Lipinski definition) is 8. The topological polar surface area (TPSA) is 94.5 Å². The van der Waals surface area contributed by atoms with Crippen LogP contribution in [-0.2, 0) is 35.1 Å². The average Bonchev–Trinajstić information content (AvgIpc) is 3.70. The van der Waals surface area contributed by atoms with E-state index >= 15 is 4.79 Å². The summed E-state index contributed by atoms with van der Waals surface area (Å²) in [5, 5.41) is 11.0. The number of rotatable bonds is 7. The Kier molecular flexibility index (Phi) is 8.56. The number of fused-ring (bicyclic) bond motifs is 4. The molecule has 5 saturated carbocycles. The van der Waals surface area contributed by atoms with Crippen LogP contribution in [0.25, 0.3) is 0 Å². The Bertz CT molecular complexity index is 1520. The number of hydrogen-bond donors (Lipinski definition) is 1. The molecule has 1 aromatic rings. The molecule has 8 heteroatoms. The number of aliphatic hydroxyl groups is 1. The van der Waals surface area contributed by atoms with Crippen LogP contribution < -0.4 is 0 Å². The largest absolute Gasteiger partial charge is 0.457 e. The summed E-state index contributed by atoms with van der Waals surface area (Å²) in [5.41, 5.74) is -0.113. The van der Waals surface area contributed by atoms with Gasteiger partial charge in [-0.05, 0) is 110 Å². The molecule has 8 unspecified atom stereocenters. The Morgan fingerprint density at radius 3 is 2.45 bits per heavy atom. The highest BCUT2D eigenvalue weighted by Crippen LogP contribution is 2.89. The lowest BCUT2D eigenvalue weighted by molar-refractivity contribution is -0.247. The summed E-state index contributed by atoms with van der Waals surface area (Å²) in [6.07, 6.45) is 6.61. The Morgan fingerprint density at radius 1 is 1.04 bits per heavy atom. The molecule has 8 nitrogen and oxygen atoms in total. The molecular weight excluding hydrogens is 642 g/mol. The molecular formula is C43H63NO7. The van der Waals surface area contributed by atoms with E-state index in [1.165, 1.54) is 31.7 Å². The first-order chi connectivity index (χ1) is 24.0. The van der Waals surface area contributed by atoms with Gasteiger partial charge in [0.2, 0.25) is 0 Å². The molecule has 51 heavy (non-hydrogen) atoms. The number of Topliss-reactive ketones (excluding diaryl/α,β-unsaturated/α-hetero) is 1. The minimum Gasteiger partial charge on any atom is -0.457 e. The fourth-order valence-electron chi connectivity index (χ4n) is 14.2. The quantitative estimate of drug-likeness (QED) is 0.305. The lowest BCUT2D eigenvalue weighted by Crippen LogP contribution is -2.59. The Morgan fingerprint density at radius 2 is 1.75 bits per heavy atom. The van der Waals surface area contributed by atoms with Crippen molar-refractivity contribution >= 4 is 11.8 Å². The van der Waals surface area contributed by atoms with Crippen molar-refractivity contribution < 1.29 is 33.6 Å². The van der Waals surface area contributed by atoms with Crippen molar-refractivity contribution in [2.45, 2.75) is 150 Å². The molecule has 7 aliphatic rings. The standard InChI is InChI=1S/C43H63NO7/c1-26-22-29(37(39(5,6)47)49-27(2)45)50-35-34(26)40(7)18-19-43-25-42(43)17-16-32(38(3,4)30(42)14-15-31(43)41(40,8)36(35)46)51-33-24-44(20-21-48-33)23-28-12-10-9-11-13-28/h9-13,26,29-35,37,47H,14-25H2,1-8H3/t26-,29?,30+,31?,32?,33?,34+,35?,37+,40?,41-,42?,43?/m1/s1. The summed E-state index contributed by atoms with van der Waals surface area (Å²) < 4.78 is 25.7. The third-order valence-electron chi connectivity index (χ3n) is 16.5. The summed E-state index contributed by atoms with van der Waals surface area (Å²) in [6.45, 7) is 19.9. The number of morpholine rings is 1. The number of nitrogens with zero attached hydrogens (tertiary/aromatic N) is 1. The Balaban J connectivity index is 1.00. The van der Waals surface area contributed by atoms with Gasteiger partial charge in [0.1, 0.15) is 6.10 Å². The van der Waals surface area contributed by atoms with E-state index in [9.17, 15) is 9.90 Å². The van der Waals surface area contributed by atoms with Crippen LogP contribution in [0.5, 0.6) is 0 Å². The predicted octanol–water partition coefficient (Wildman–Crippen LogP) is 6.95. The highest BCUT2D eigenvalue weighted by atomic mass is 16.7. The first-order valence-electron chi connectivity index (χ1n) is 20.1. The van der Waals surface area contributed by atoms with Crippen LogP contribution in [0.2, 0.25) is 0 Å². The van der Waals surface area contributed by atoms with E-state index in [1.807, 2.05) is 0 Å². The molecule has 2 aliphatic heterocycles. The van der Waals surface area contributed by atoms with E-state index < -0.39 is 35.3 Å². The second-order valence-electron chi connectivity index (χ2n) is 19.7. The van der Waals surface area contributed by atoms with Gasteiger partial charge in [0.25, 0.3) is 0 Å². The first kappa shape index (κ1) is 36.2. The maximum absolute atomic E-state index is 15.1. The zero-order chi connectivity index (χ0) is 36.4. The Labute approximate surface area is 305 Å². The summed E-state index contributed by atoms with van der Waals surface area (Å²) in [6, 6.07) is 10.7. The van der Waals surface area contributed by atoms with Crippen LogP contribution in [0.3, 0.4) is 0 Å². The summed E-state index contributed by atoms with van der Waals surface area (Å²) in [7, 11) is 0. The third kappa shape index (κ3) is 5.22. The molecule has 8 rings (SSSR count). The predicted molar refractivity (Wildman–Crippen MR) is 193 cm³/mol. The number of ether oxygens (including phenoxy) is 4. The number of carbonyl (C=O) groups is 2. The second-order valence-corrected chi connectivity index (χ2v) is 19.7. The molecule has 0 bridgehead atoms. The molecule has 2 saturated heterocycles. The van der Waals surface area contributed by atoms with Gasteiger partial charge in [0.05, 0.1) is 24.4 Å². The molecule has 13 atom stereocenters. The van der Waals surface area contributed by atoms with E-state index in [0.29, 0.717) is 24.9 Å². The number of carbonyl (C=O) groups excluding carboxylic acids is 2. The molecule has 0 radical (unpaired) electrons. The van der Waals surface area contributed by atoms with E-state index in [2.05, 4.69) is 69.9 Å². The molecule has 282 valence electrons. The maximum Gasteiger partial charge on any atom is 0.303 e. The molecule has 1 N–H and O–H groups in total. The molecule has 0 aromatic heterocycles. The van der Waals surface area contributed by atoms with Gasteiger partial charge in [0, 0.05) is 37.9 Å². The zero-order valence-corrected chi connectivity index (χ0v) is 32.4. The molecule has 7 fully saturated rings. The van der Waals surface area contributed by atoms with Crippen molar-refractivity contribution in [3.05, 3.63) is 35.9 Å². The van der Waals surface area contributed by atoms with E-state index in [4.69, 9.17) is 18.9 Å². The van der Waals surface area contributed by atoms with Gasteiger partial charge in [-0.2, -0.15) is 0 Å². The smallest absolute Gasteiger partial charge is 0.303 e. The van der Waals surface area contributed by atoms with Crippen LogP contribution in [0.4, 0.5) is 0 Å². The molecule has 2 heterocycles. The van der Waals surface area contributed by atoms with Gasteiger partial charge in [-0.1, -0.05) is 65.0 Å². The van der Waals surface area contributed by atoms with Crippen LogP contribution in [0, 0.1) is 50.7 Å². The van der Waals surface area contributed by atoms with Gasteiger partial charge < -0.3 is 24.1 Å². The van der Waals surface area contributed by atoms with Gasteiger partial charge in [-0.15, -0.1) is 0 Å². The fourth-order valence-corrected chi connectivity index (χ4v) is 14.2. The molecule has 0 amide bonds. The van der Waals surface area contributed by atoms with E-state index in [0.717, 1.165) is 45.3 Å². The normalized spacial score (nSPS) is 46.5. The van der Waals surface area contributed by atoms with E-state index in [1.54, 1.807) is 13.8 Å². The zero-order valence-electron chi connectivity index (χ0n) is 32.4. The first-order valence-corrected chi connectivity index (χ1v) is 20.1. The number of benzene rings is 1. The second kappa shape index (κ2) is 12.1. The monoisotopic (exact) mass is 705 g/mol. The van der Waals surface area contributed by atoms with Crippen molar-refractivity contribution in [3.8, 4) is 0 Å². The fraction of sp³-hybridized carbons (Fsp3) is 0.814. The lowest BCUT2D eigenvalue weighted by Gasteiger charge is -2.62. The summed E-state index contributed by atoms with van der Waals surface area (Å²) >= 11 is 0. The van der Waals surface area contributed by atoms with Gasteiger partial charge in [-0.3, -0.25) is 14.5 Å². The van der Waals surface area contributed by atoms with Crippen LogP contribution in [-0.4, -0.2) is 77.8 Å².